The first-order chi connectivity index (χ1) is 51.6. The molecule has 32 nitrogen and oxygen atoms in total. The van der Waals surface area contributed by atoms with Gasteiger partial charge in [-0.15, -0.1) is 26.3 Å². The molecular weight excluding hydrogens is 1530 g/mol. The molecular formula is C78H94BrKN18O14. The summed E-state index contributed by atoms with van der Waals surface area (Å²) in [5, 5.41) is 47.0. The molecule has 14 rings (SSSR count). The number of amides is 2. The van der Waals surface area contributed by atoms with Crippen LogP contribution in [-0.2, 0) is 19.6 Å². The Kier molecular flexibility index (Phi) is 33.3. The summed E-state index contributed by atoms with van der Waals surface area (Å²) in [6, 6.07) is 18.5. The number of carboxylic acid groups (broad SMARTS) is 2. The number of allylic oxidation sites excluding steroid dienone is 3. The zero-order valence-electron chi connectivity index (χ0n) is 62.8. The molecule has 10 aromatic rings. The number of Topliss-reactive ketones (excluding diaryl/α,β-unsaturated/α-hetero) is 3. The molecule has 34 heteroatoms. The number of ether oxygens (including phenoxy) is 4. The fraction of sp³-hybridized carbons (Fsp3) is 0.333. The van der Waals surface area contributed by atoms with E-state index in [0.29, 0.717) is 156 Å². The number of nitrogens with two attached hydrogens (primary N) is 2. The van der Waals surface area contributed by atoms with Crippen molar-refractivity contribution in [3.8, 4) is 28.0 Å². The normalized spacial score (nSPS) is 14.5. The molecule has 0 unspecified atom stereocenters. The van der Waals surface area contributed by atoms with Gasteiger partial charge in [0.05, 0.1) is 69.1 Å². The molecule has 4 atom stereocenters. The van der Waals surface area contributed by atoms with E-state index in [2.05, 4.69) is 88.4 Å². The van der Waals surface area contributed by atoms with Gasteiger partial charge in [0.25, 0.3) is 11.8 Å². The van der Waals surface area contributed by atoms with E-state index in [0.717, 1.165) is 46.6 Å². The molecule has 0 saturated carbocycles. The van der Waals surface area contributed by atoms with Gasteiger partial charge >= 0.3 is 63.3 Å². The average Bonchev–Trinajstić information content (AvgIpc) is 1.52. The molecule has 4 aliphatic heterocycles. The first-order valence-corrected chi connectivity index (χ1v) is 35.3. The first kappa shape index (κ1) is 91.5. The topological polar surface area (TPSA) is 446 Å². The van der Waals surface area contributed by atoms with E-state index in [1.807, 2.05) is 66.5 Å². The standard InChI is InChI=1S/C21H23N5O3.C20H21N5O4.C14H15N3O2.C13H16N2O2.C7H10N2O2.CBrN.2CH4.K.H2O/c1-5-7-15-11-29-18-10-14(13(4)27)9-16-19(18)26(15)21(22-16)23-20(28)17-8-12(3)24-25(17)6-2;1-4-6-13-10-29-16-9-12(19(27)28)8-14-17(16)25(13)20(21-14)22-18(26)15-7-11(3)23-24(15)5-2;1-3-4-10-7-19-12-6-9(8(2)18)5-11-13(12)17(10)14(15)16-11;1-3-4-10-7-17-12-6-9(8(2)16)5-11(14)13(12)15-10;1-3-9-6(7(10)11)4-5(2)8-9;2-1-3;;;;/h5,8-10,15H,1,6-7,11H2,2-4H3,(H,22,23,28);4,7-9,13H,1,5-6,10H2,2-3H3,(H,27,28)(H,21,22,26);3,5-6,10H,1,4,7H2,2H3,(H2,15,16);3,5-6,10,15H,1,4,7,14H2,2H3;4H,3H2,1-2H3,(H,10,11);;2*1H4;;1H2/q;;;;;;;;+1;/p-1/t15-;13-;2*10-;;;;;;/m0000....../s1. The van der Waals surface area contributed by atoms with Gasteiger partial charge in [-0.25, -0.2) is 24.5 Å². The number of nitrogens with zero attached hydrogens (tertiary/aromatic N) is 13. The van der Waals surface area contributed by atoms with Crippen LogP contribution in [0.2, 0.25) is 0 Å². The number of carbonyl (C=O) groups is 7. The molecule has 112 heavy (non-hydrogen) atoms. The van der Waals surface area contributed by atoms with Crippen molar-refractivity contribution in [2.75, 3.05) is 53.8 Å². The van der Waals surface area contributed by atoms with Crippen molar-refractivity contribution >= 4 is 119 Å². The minimum Gasteiger partial charge on any atom is -0.870 e. The van der Waals surface area contributed by atoms with Gasteiger partial charge in [0.1, 0.15) is 93.7 Å². The molecule has 4 aromatic carbocycles. The Morgan fingerprint density at radius 3 is 1.25 bits per heavy atom. The molecule has 10 N–H and O–H groups in total. The van der Waals surface area contributed by atoms with Crippen molar-refractivity contribution < 1.29 is 120 Å². The fourth-order valence-electron chi connectivity index (χ4n) is 12.7. The molecule has 0 aliphatic carbocycles. The summed E-state index contributed by atoms with van der Waals surface area (Å²) in [4.78, 5) is 97.6. The summed E-state index contributed by atoms with van der Waals surface area (Å²) < 4.78 is 33.7. The van der Waals surface area contributed by atoms with E-state index in [4.69, 9.17) is 40.8 Å². The van der Waals surface area contributed by atoms with Crippen molar-refractivity contribution in [3.05, 3.63) is 174 Å². The summed E-state index contributed by atoms with van der Waals surface area (Å²) >= 11 is 2.45. The summed E-state index contributed by atoms with van der Waals surface area (Å²) in [5.41, 5.74) is 22.5. The number of aryl methyl sites for hydroxylation is 6. The van der Waals surface area contributed by atoms with E-state index in [1.54, 1.807) is 81.9 Å². The van der Waals surface area contributed by atoms with Crippen LogP contribution < -0.4 is 97.7 Å². The number of fused-ring (bicyclic) bond motifs is 1. The number of hydrogen-bond acceptors (Lipinski definition) is 22. The maximum Gasteiger partial charge on any atom is 1.00 e. The van der Waals surface area contributed by atoms with E-state index in [9.17, 15) is 38.7 Å². The number of nitrogens with one attached hydrogen (secondary N) is 3. The minimum atomic E-state index is -1.07. The third-order valence-corrected chi connectivity index (χ3v) is 17.6. The molecule has 2 amide bonds. The summed E-state index contributed by atoms with van der Waals surface area (Å²) in [6.07, 6.45) is 10.1. The molecule has 0 radical (unpaired) electrons. The predicted octanol–water partition coefficient (Wildman–Crippen LogP) is 11.0. The average molecular weight is 1630 g/mol. The van der Waals surface area contributed by atoms with E-state index < -0.39 is 11.9 Å². The number of carbonyl (C=O) groups excluding carboxylic acids is 5. The Balaban J connectivity index is 0.000000254. The largest absolute Gasteiger partial charge is 1.00 e. The predicted molar refractivity (Wildman–Crippen MR) is 428 cm³/mol. The Morgan fingerprint density at radius 1 is 0.536 bits per heavy atom. The molecule has 10 heterocycles. The van der Waals surface area contributed by atoms with Crippen LogP contribution in [0.5, 0.6) is 23.0 Å². The second-order valence-electron chi connectivity index (χ2n) is 25.3. The van der Waals surface area contributed by atoms with Gasteiger partial charge in [0.15, 0.2) is 17.3 Å². The van der Waals surface area contributed by atoms with Crippen LogP contribution in [0.4, 0.5) is 29.2 Å². The number of benzene rings is 4. The second kappa shape index (κ2) is 40.8. The number of nitriles is 1. The minimum absolute atomic E-state index is 0. The molecule has 588 valence electrons. The van der Waals surface area contributed by atoms with Crippen molar-refractivity contribution in [2.24, 2.45) is 0 Å². The van der Waals surface area contributed by atoms with Crippen molar-refractivity contribution in [1.82, 2.24) is 58.0 Å². The van der Waals surface area contributed by atoms with Gasteiger partial charge in [-0.05, 0) is 155 Å². The van der Waals surface area contributed by atoms with Crippen molar-refractivity contribution in [3.63, 3.8) is 0 Å². The van der Waals surface area contributed by atoms with Gasteiger partial charge in [-0.2, -0.15) is 20.6 Å². The smallest absolute Gasteiger partial charge is 0.870 e. The van der Waals surface area contributed by atoms with Crippen LogP contribution in [0.1, 0.15) is 190 Å². The third-order valence-electron chi connectivity index (χ3n) is 17.6. The maximum atomic E-state index is 13.0. The Labute approximate surface area is 698 Å². The number of nitrogen functional groups attached to an aromatic ring is 2. The van der Waals surface area contributed by atoms with Gasteiger partial charge in [0, 0.05) is 52.3 Å². The van der Waals surface area contributed by atoms with E-state index in [1.165, 1.54) is 37.6 Å². The number of rotatable bonds is 20. The Hall–Kier alpha value is -11.1. The number of aromatic carboxylic acids is 2. The number of halogens is 1. The summed E-state index contributed by atoms with van der Waals surface area (Å²) in [6.45, 7) is 34.3. The third kappa shape index (κ3) is 20.5. The second-order valence-corrected chi connectivity index (χ2v) is 25.6. The van der Waals surface area contributed by atoms with Crippen LogP contribution in [0.3, 0.4) is 0 Å². The maximum absolute atomic E-state index is 13.0. The number of ketones is 3. The number of imidazole rings is 3. The molecule has 4 aliphatic rings. The van der Waals surface area contributed by atoms with Crippen molar-refractivity contribution in [1.29, 1.82) is 5.26 Å². The molecule has 0 bridgehead atoms. The number of anilines is 5. The van der Waals surface area contributed by atoms with Crippen molar-refractivity contribution in [2.45, 2.75) is 147 Å². The number of aromatic nitrogens is 12. The number of carboxylic acids is 2. The van der Waals surface area contributed by atoms with E-state index >= 15 is 0 Å². The molecule has 0 fully saturated rings. The van der Waals surface area contributed by atoms with Crippen LogP contribution in [0, 0.1) is 31.0 Å². The van der Waals surface area contributed by atoms with Gasteiger partial charge < -0.3 is 56.0 Å². The zero-order valence-corrected chi connectivity index (χ0v) is 67.5. The first-order valence-electron chi connectivity index (χ1n) is 34.5. The SMILES string of the molecule is C.C.C=CC[C@H]1COc2cc(C(=O)O)cc3nc(NC(=O)c4cc(C)nn4CC)n1c23.C=CC[C@H]1COc2cc(C(C)=O)cc(N)c2N1.C=CC[C@H]1COc2cc(C(C)=O)cc3nc(N)n1c23.C=CC[C@H]1COc2cc(C(C)=O)cc3nc(NC(=O)c4cc(C)nn4CC)n1c23.CCn1nc(C)cc1C(=O)O.N#CBr.[K+].[OH-]. The van der Waals surface area contributed by atoms with Crippen LogP contribution in [0.15, 0.2) is 117 Å². The Bertz CT molecular complexity index is 5050. The quantitative estimate of drug-likeness (QED) is 0.0161. The molecule has 0 spiro atoms. The van der Waals surface area contributed by atoms with E-state index in [-0.39, 0.29) is 136 Å². The van der Waals surface area contributed by atoms with Gasteiger partial charge in [-0.1, -0.05) is 39.2 Å². The van der Waals surface area contributed by atoms with Gasteiger partial charge in [-0.3, -0.25) is 57.8 Å². The van der Waals surface area contributed by atoms with Crippen LogP contribution in [-0.4, -0.2) is 147 Å². The molecule has 0 saturated heterocycles. The van der Waals surface area contributed by atoms with Crippen LogP contribution in [0.25, 0.3) is 33.1 Å². The molecule has 6 aromatic heterocycles. The summed E-state index contributed by atoms with van der Waals surface area (Å²) in [5.74, 6) is 0.859. The fourth-order valence-corrected chi connectivity index (χ4v) is 12.7. The zero-order chi connectivity index (χ0) is 78.5. The van der Waals surface area contributed by atoms with Crippen LogP contribution >= 0.6 is 15.9 Å². The number of hydrogen-bond donors (Lipinski definition) is 7. The Morgan fingerprint density at radius 2 is 0.875 bits per heavy atom. The monoisotopic (exact) mass is 1620 g/mol. The van der Waals surface area contributed by atoms with Gasteiger partial charge in [0.2, 0.25) is 17.8 Å². The summed E-state index contributed by atoms with van der Waals surface area (Å²) in [7, 11) is 0.